The Hall–Kier alpha value is -3.39. The van der Waals surface area contributed by atoms with E-state index in [0.717, 1.165) is 18.5 Å². The Morgan fingerprint density at radius 3 is 2.29 bits per heavy atom. The molecular formula is C23H30N4O4. The minimum absolute atomic E-state index is 0.0479. The van der Waals surface area contributed by atoms with E-state index >= 15 is 0 Å². The normalized spacial score (nSPS) is 10.3. The third kappa shape index (κ3) is 8.47. The summed E-state index contributed by atoms with van der Waals surface area (Å²) >= 11 is 0. The molecule has 8 heteroatoms. The Morgan fingerprint density at radius 2 is 1.58 bits per heavy atom. The molecule has 4 N–H and O–H groups in total. The van der Waals surface area contributed by atoms with Gasteiger partial charge in [0.15, 0.2) is 0 Å². The van der Waals surface area contributed by atoms with E-state index in [2.05, 4.69) is 28.2 Å². The van der Waals surface area contributed by atoms with Crippen LogP contribution in [0.1, 0.15) is 40.5 Å². The third-order valence-electron chi connectivity index (χ3n) is 4.42. The van der Waals surface area contributed by atoms with Crippen molar-refractivity contribution in [3.63, 3.8) is 0 Å². The average Bonchev–Trinajstić information content (AvgIpc) is 2.78. The van der Waals surface area contributed by atoms with Gasteiger partial charge in [0.1, 0.15) is 0 Å². The van der Waals surface area contributed by atoms with Crippen molar-refractivity contribution in [1.82, 2.24) is 10.6 Å². The van der Waals surface area contributed by atoms with Gasteiger partial charge < -0.3 is 26.0 Å². The Balaban J connectivity index is 1.82. The summed E-state index contributed by atoms with van der Waals surface area (Å²) in [5, 5.41) is 11.4. The predicted molar refractivity (Wildman–Crippen MR) is 121 cm³/mol. The molecule has 31 heavy (non-hydrogen) atoms. The first-order chi connectivity index (χ1) is 15.0. The molecule has 0 spiro atoms. The molecule has 0 aliphatic carbocycles. The van der Waals surface area contributed by atoms with Gasteiger partial charge in [-0.1, -0.05) is 19.4 Å². The van der Waals surface area contributed by atoms with Crippen LogP contribution in [-0.2, 0) is 9.53 Å². The quantitative estimate of drug-likeness (QED) is 0.390. The van der Waals surface area contributed by atoms with Crippen LogP contribution in [0.3, 0.4) is 0 Å². The number of rotatable bonds is 12. The lowest BCUT2D eigenvalue weighted by Crippen LogP contribution is -2.27. The zero-order valence-corrected chi connectivity index (χ0v) is 18.0. The van der Waals surface area contributed by atoms with E-state index < -0.39 is 0 Å². The fourth-order valence-electron chi connectivity index (χ4n) is 2.71. The van der Waals surface area contributed by atoms with Gasteiger partial charge in [-0.25, -0.2) is 0 Å². The van der Waals surface area contributed by atoms with Crippen molar-refractivity contribution in [3.05, 3.63) is 59.7 Å². The van der Waals surface area contributed by atoms with E-state index in [0.29, 0.717) is 36.5 Å². The van der Waals surface area contributed by atoms with Crippen LogP contribution in [0.5, 0.6) is 0 Å². The fourth-order valence-corrected chi connectivity index (χ4v) is 2.71. The lowest BCUT2D eigenvalue weighted by molar-refractivity contribution is -0.114. The maximum Gasteiger partial charge on any atom is 0.251 e. The summed E-state index contributed by atoms with van der Waals surface area (Å²) in [7, 11) is 1.57. The monoisotopic (exact) mass is 426 g/mol. The zero-order valence-electron chi connectivity index (χ0n) is 18.0. The van der Waals surface area contributed by atoms with E-state index in [9.17, 15) is 14.4 Å². The molecule has 166 valence electrons. The summed E-state index contributed by atoms with van der Waals surface area (Å²) in [6.45, 7) is 3.62. The lowest BCUT2D eigenvalue weighted by Gasteiger charge is -2.10. The largest absolute Gasteiger partial charge is 0.383 e. The molecule has 0 unspecified atom stereocenters. The second kappa shape index (κ2) is 13.0. The summed E-state index contributed by atoms with van der Waals surface area (Å²) in [5.74, 6) is -0.590. The van der Waals surface area contributed by atoms with Gasteiger partial charge >= 0.3 is 0 Å². The Labute approximate surface area is 182 Å². The highest BCUT2D eigenvalue weighted by molar-refractivity contribution is 5.98. The third-order valence-corrected chi connectivity index (χ3v) is 4.42. The number of benzene rings is 2. The maximum absolute atomic E-state index is 12.2. The first kappa shape index (κ1) is 23.9. The molecule has 2 rings (SSSR count). The van der Waals surface area contributed by atoms with Crippen molar-refractivity contribution in [1.29, 1.82) is 0 Å². The van der Waals surface area contributed by atoms with Crippen LogP contribution in [0.15, 0.2) is 48.5 Å². The van der Waals surface area contributed by atoms with Gasteiger partial charge in [-0.05, 0) is 48.9 Å². The first-order valence-electron chi connectivity index (χ1n) is 10.3. The Bertz CT molecular complexity index is 868. The highest BCUT2D eigenvalue weighted by Gasteiger charge is 2.08. The van der Waals surface area contributed by atoms with Crippen LogP contribution in [0.25, 0.3) is 0 Å². The lowest BCUT2D eigenvalue weighted by atomic mass is 10.2. The molecule has 2 aromatic carbocycles. The van der Waals surface area contributed by atoms with Crippen LogP contribution < -0.4 is 21.3 Å². The van der Waals surface area contributed by atoms with Crippen LogP contribution in [0.4, 0.5) is 11.4 Å². The molecule has 0 aliphatic heterocycles. The van der Waals surface area contributed by atoms with Crippen molar-refractivity contribution < 1.29 is 19.1 Å². The Kier molecular flexibility index (Phi) is 10.0. The molecule has 2 aromatic rings. The van der Waals surface area contributed by atoms with Crippen LogP contribution >= 0.6 is 0 Å². The molecule has 0 aromatic heterocycles. The molecule has 0 atom stereocenters. The average molecular weight is 427 g/mol. The molecule has 3 amide bonds. The molecule has 0 bridgehead atoms. The summed E-state index contributed by atoms with van der Waals surface area (Å²) in [6, 6.07) is 13.7. The highest BCUT2D eigenvalue weighted by atomic mass is 16.5. The van der Waals surface area contributed by atoms with Gasteiger partial charge in [0, 0.05) is 42.7 Å². The molecular weight excluding hydrogens is 396 g/mol. The minimum Gasteiger partial charge on any atom is -0.383 e. The number of hydrogen-bond donors (Lipinski definition) is 4. The van der Waals surface area contributed by atoms with Crippen molar-refractivity contribution in [3.8, 4) is 0 Å². The van der Waals surface area contributed by atoms with Crippen LogP contribution in [-0.4, -0.2) is 51.1 Å². The topological polar surface area (TPSA) is 109 Å². The van der Waals surface area contributed by atoms with Gasteiger partial charge in [-0.15, -0.1) is 0 Å². The number of unbranched alkanes of at least 4 members (excludes halogenated alkanes) is 1. The predicted octanol–water partition coefficient (Wildman–Crippen LogP) is 2.64. The van der Waals surface area contributed by atoms with Gasteiger partial charge in [-0.3, -0.25) is 14.4 Å². The standard InChI is InChI=1S/C23H30N4O4/c1-3-4-12-24-22(29)17-8-10-19(11-9-17)26-16-21(28)27-20-7-5-6-18(15-20)23(30)25-13-14-31-2/h5-11,15,26H,3-4,12-14,16H2,1-2H3,(H,24,29)(H,25,30)(H,27,28). The number of carbonyl (C=O) groups is 3. The summed E-state index contributed by atoms with van der Waals surface area (Å²) in [4.78, 5) is 36.4. The summed E-state index contributed by atoms with van der Waals surface area (Å²) < 4.78 is 4.91. The molecule has 0 heterocycles. The van der Waals surface area contributed by atoms with Crippen molar-refractivity contribution in [2.24, 2.45) is 0 Å². The molecule has 0 saturated heterocycles. The molecule has 0 saturated carbocycles. The Morgan fingerprint density at radius 1 is 0.871 bits per heavy atom. The van der Waals surface area contributed by atoms with E-state index in [1.54, 1.807) is 55.6 Å². The zero-order chi connectivity index (χ0) is 22.5. The van der Waals surface area contributed by atoms with Gasteiger partial charge in [0.05, 0.1) is 13.2 Å². The van der Waals surface area contributed by atoms with E-state index in [1.165, 1.54) is 0 Å². The number of methoxy groups -OCH3 is 1. The van der Waals surface area contributed by atoms with E-state index in [-0.39, 0.29) is 24.3 Å². The highest BCUT2D eigenvalue weighted by Crippen LogP contribution is 2.12. The van der Waals surface area contributed by atoms with E-state index in [4.69, 9.17) is 4.74 Å². The second-order valence-electron chi connectivity index (χ2n) is 6.92. The number of amides is 3. The van der Waals surface area contributed by atoms with Crippen molar-refractivity contribution in [2.45, 2.75) is 19.8 Å². The molecule has 8 nitrogen and oxygen atoms in total. The van der Waals surface area contributed by atoms with Crippen LogP contribution in [0.2, 0.25) is 0 Å². The minimum atomic E-state index is -0.252. The maximum atomic E-state index is 12.2. The van der Waals surface area contributed by atoms with Crippen LogP contribution in [0, 0.1) is 0 Å². The number of hydrogen-bond acceptors (Lipinski definition) is 5. The smallest absolute Gasteiger partial charge is 0.251 e. The second-order valence-corrected chi connectivity index (χ2v) is 6.92. The summed E-state index contributed by atoms with van der Waals surface area (Å²) in [6.07, 6.45) is 1.97. The van der Waals surface area contributed by atoms with Gasteiger partial charge in [0.2, 0.25) is 5.91 Å². The molecule has 0 fully saturated rings. The SMILES string of the molecule is CCCCNC(=O)c1ccc(NCC(=O)Nc2cccc(C(=O)NCCOC)c2)cc1. The van der Waals surface area contributed by atoms with Crippen molar-refractivity contribution >= 4 is 29.1 Å². The number of anilines is 2. The summed E-state index contributed by atoms with van der Waals surface area (Å²) in [5.41, 5.74) is 2.29. The van der Waals surface area contributed by atoms with E-state index in [1.807, 2.05) is 0 Å². The van der Waals surface area contributed by atoms with Gasteiger partial charge in [-0.2, -0.15) is 0 Å². The number of carbonyl (C=O) groups excluding carboxylic acids is 3. The molecule has 0 aliphatic rings. The molecule has 0 radical (unpaired) electrons. The number of nitrogens with one attached hydrogen (secondary N) is 4. The first-order valence-corrected chi connectivity index (χ1v) is 10.3. The van der Waals surface area contributed by atoms with Gasteiger partial charge in [0.25, 0.3) is 11.8 Å². The fraction of sp³-hybridized carbons (Fsp3) is 0.348. The number of ether oxygens (including phenoxy) is 1. The van der Waals surface area contributed by atoms with Crippen molar-refractivity contribution in [2.75, 3.05) is 44.0 Å².